The summed E-state index contributed by atoms with van der Waals surface area (Å²) in [5.41, 5.74) is 9.59. The van der Waals surface area contributed by atoms with Gasteiger partial charge in [-0.15, -0.1) is 0 Å². The van der Waals surface area contributed by atoms with Gasteiger partial charge in [0.15, 0.2) is 0 Å². The third kappa shape index (κ3) is 2.93. The molecule has 0 spiro atoms. The van der Waals surface area contributed by atoms with E-state index in [1.807, 2.05) is 31.9 Å². The van der Waals surface area contributed by atoms with Crippen molar-refractivity contribution >= 4 is 23.0 Å². The van der Waals surface area contributed by atoms with Crippen LogP contribution in [0.25, 0.3) is 0 Å². The quantitative estimate of drug-likeness (QED) is 0.665. The van der Waals surface area contributed by atoms with Crippen LogP contribution in [0.15, 0.2) is 22.9 Å². The fourth-order valence-corrected chi connectivity index (χ4v) is 2.82. The van der Waals surface area contributed by atoms with Crippen LogP contribution >= 0.6 is 11.3 Å². The van der Waals surface area contributed by atoms with Crippen molar-refractivity contribution in [1.82, 2.24) is 4.98 Å². The Bertz CT molecular complexity index is 590. The Morgan fingerprint density at radius 3 is 2.79 bits per heavy atom. The zero-order valence-electron chi connectivity index (χ0n) is 11.4. The molecule has 0 saturated carbocycles. The Kier molecular flexibility index (Phi) is 3.85. The molecule has 0 saturated heterocycles. The summed E-state index contributed by atoms with van der Waals surface area (Å²) in [4.78, 5) is 6.58. The molecule has 19 heavy (non-hydrogen) atoms. The summed E-state index contributed by atoms with van der Waals surface area (Å²) < 4.78 is 0. The number of amidine groups is 1. The van der Waals surface area contributed by atoms with Gasteiger partial charge in [0.25, 0.3) is 0 Å². The first-order chi connectivity index (χ1) is 8.99. The average Bonchev–Trinajstić information content (AvgIpc) is 2.79. The van der Waals surface area contributed by atoms with Gasteiger partial charge in [-0.05, 0) is 47.9 Å². The van der Waals surface area contributed by atoms with E-state index in [0.717, 1.165) is 29.2 Å². The van der Waals surface area contributed by atoms with E-state index < -0.39 is 0 Å². The van der Waals surface area contributed by atoms with E-state index in [1.165, 1.54) is 5.56 Å². The number of thiophene rings is 1. The molecule has 0 aliphatic rings. The van der Waals surface area contributed by atoms with Gasteiger partial charge in [-0.3, -0.25) is 5.41 Å². The van der Waals surface area contributed by atoms with Crippen molar-refractivity contribution in [2.75, 3.05) is 11.9 Å². The lowest BCUT2D eigenvalue weighted by molar-refractivity contribution is 0.890. The molecule has 4 nitrogen and oxygen atoms in total. The molecule has 2 heterocycles. The Labute approximate surface area is 117 Å². The number of hydrogen-bond acceptors (Lipinski definition) is 4. The number of nitrogens with zero attached hydrogens (tertiary/aromatic N) is 2. The SMILES string of the molecule is Cc1cc(C)c(C(=N)N)c(N(C)Cc2ccsc2)n1. The van der Waals surface area contributed by atoms with Crippen LogP contribution in [0.3, 0.4) is 0 Å². The van der Waals surface area contributed by atoms with E-state index in [1.54, 1.807) is 11.3 Å². The Morgan fingerprint density at radius 1 is 1.47 bits per heavy atom. The standard InChI is InChI=1S/C14H18N4S/c1-9-6-10(2)17-14(12(9)13(15)16)18(3)7-11-4-5-19-8-11/h4-6,8H,7H2,1-3H3,(H3,15,16). The van der Waals surface area contributed by atoms with Gasteiger partial charge in [0.05, 0.1) is 5.56 Å². The number of nitrogen functional groups attached to an aromatic ring is 1. The van der Waals surface area contributed by atoms with Gasteiger partial charge < -0.3 is 10.6 Å². The normalized spacial score (nSPS) is 10.5. The first-order valence-electron chi connectivity index (χ1n) is 6.04. The second-order valence-electron chi connectivity index (χ2n) is 4.68. The molecule has 0 radical (unpaired) electrons. The van der Waals surface area contributed by atoms with Crippen molar-refractivity contribution < 1.29 is 0 Å². The molecule has 0 atom stereocenters. The molecule has 100 valence electrons. The lowest BCUT2D eigenvalue weighted by Gasteiger charge is -2.22. The fraction of sp³-hybridized carbons (Fsp3) is 0.286. The third-order valence-electron chi connectivity index (χ3n) is 2.96. The number of pyridine rings is 1. The summed E-state index contributed by atoms with van der Waals surface area (Å²) in [5, 5.41) is 11.9. The summed E-state index contributed by atoms with van der Waals surface area (Å²) in [6.07, 6.45) is 0. The maximum Gasteiger partial charge on any atom is 0.140 e. The van der Waals surface area contributed by atoms with Gasteiger partial charge in [0.2, 0.25) is 0 Å². The van der Waals surface area contributed by atoms with Crippen LogP contribution in [0.1, 0.15) is 22.4 Å². The number of aryl methyl sites for hydroxylation is 2. The van der Waals surface area contributed by atoms with E-state index >= 15 is 0 Å². The van der Waals surface area contributed by atoms with Crippen molar-refractivity contribution in [3.05, 3.63) is 45.3 Å². The predicted molar refractivity (Wildman–Crippen MR) is 81.2 cm³/mol. The molecule has 2 rings (SSSR count). The summed E-state index contributed by atoms with van der Waals surface area (Å²) in [6, 6.07) is 4.05. The maximum absolute atomic E-state index is 7.74. The molecule has 0 bridgehead atoms. The monoisotopic (exact) mass is 274 g/mol. The van der Waals surface area contributed by atoms with Gasteiger partial charge in [0.1, 0.15) is 11.7 Å². The summed E-state index contributed by atoms with van der Waals surface area (Å²) >= 11 is 1.68. The number of rotatable bonds is 4. The third-order valence-corrected chi connectivity index (χ3v) is 3.69. The predicted octanol–water partition coefficient (Wildman–Crippen LogP) is 2.68. The Hall–Kier alpha value is -1.88. The molecule has 0 amide bonds. The highest BCUT2D eigenvalue weighted by atomic mass is 32.1. The molecule has 0 aliphatic carbocycles. The molecule has 0 fully saturated rings. The molecule has 0 aromatic carbocycles. The first kappa shape index (κ1) is 13.5. The van der Waals surface area contributed by atoms with Crippen LogP contribution < -0.4 is 10.6 Å². The van der Waals surface area contributed by atoms with Crippen LogP contribution in [0, 0.1) is 19.3 Å². The Morgan fingerprint density at radius 2 is 2.21 bits per heavy atom. The van der Waals surface area contributed by atoms with E-state index in [2.05, 4.69) is 21.8 Å². The van der Waals surface area contributed by atoms with Gasteiger partial charge in [0, 0.05) is 19.3 Å². The molecular weight excluding hydrogens is 256 g/mol. The molecule has 2 aromatic heterocycles. The molecule has 3 N–H and O–H groups in total. The molecule has 2 aromatic rings. The van der Waals surface area contributed by atoms with E-state index in [-0.39, 0.29) is 5.84 Å². The highest BCUT2D eigenvalue weighted by Gasteiger charge is 2.15. The largest absolute Gasteiger partial charge is 0.384 e. The van der Waals surface area contributed by atoms with Crippen LogP contribution in [-0.2, 0) is 6.54 Å². The van der Waals surface area contributed by atoms with E-state index in [4.69, 9.17) is 11.1 Å². The Balaban J connectivity index is 2.40. The van der Waals surface area contributed by atoms with Gasteiger partial charge in [-0.2, -0.15) is 11.3 Å². The van der Waals surface area contributed by atoms with E-state index in [0.29, 0.717) is 0 Å². The van der Waals surface area contributed by atoms with Crippen molar-refractivity contribution in [1.29, 1.82) is 5.41 Å². The molecule has 0 unspecified atom stereocenters. The zero-order valence-corrected chi connectivity index (χ0v) is 12.2. The van der Waals surface area contributed by atoms with Crippen LogP contribution in [0.5, 0.6) is 0 Å². The molecule has 5 heteroatoms. The number of anilines is 1. The minimum Gasteiger partial charge on any atom is -0.384 e. The maximum atomic E-state index is 7.74. The van der Waals surface area contributed by atoms with Crippen molar-refractivity contribution in [3.8, 4) is 0 Å². The van der Waals surface area contributed by atoms with Crippen molar-refractivity contribution in [2.45, 2.75) is 20.4 Å². The summed E-state index contributed by atoms with van der Waals surface area (Å²) in [6.45, 7) is 4.69. The summed E-state index contributed by atoms with van der Waals surface area (Å²) in [5.74, 6) is 0.841. The second kappa shape index (κ2) is 5.40. The number of aromatic nitrogens is 1. The van der Waals surface area contributed by atoms with Crippen molar-refractivity contribution in [3.63, 3.8) is 0 Å². The van der Waals surface area contributed by atoms with E-state index in [9.17, 15) is 0 Å². The highest BCUT2D eigenvalue weighted by molar-refractivity contribution is 7.07. The summed E-state index contributed by atoms with van der Waals surface area (Å²) in [7, 11) is 1.98. The second-order valence-corrected chi connectivity index (χ2v) is 5.46. The van der Waals surface area contributed by atoms with Crippen molar-refractivity contribution in [2.24, 2.45) is 5.73 Å². The van der Waals surface area contributed by atoms with Gasteiger partial charge in [-0.1, -0.05) is 0 Å². The topological polar surface area (TPSA) is 66.0 Å². The number of nitrogens with two attached hydrogens (primary N) is 1. The fourth-order valence-electron chi connectivity index (χ4n) is 2.16. The number of nitrogens with one attached hydrogen (secondary N) is 1. The average molecular weight is 274 g/mol. The smallest absolute Gasteiger partial charge is 0.140 e. The number of hydrogen-bond donors (Lipinski definition) is 2. The first-order valence-corrected chi connectivity index (χ1v) is 6.98. The lowest BCUT2D eigenvalue weighted by Crippen LogP contribution is -2.24. The molecular formula is C14H18N4S. The highest BCUT2D eigenvalue weighted by Crippen LogP contribution is 2.23. The van der Waals surface area contributed by atoms with Gasteiger partial charge >= 0.3 is 0 Å². The minimum atomic E-state index is 0.0668. The zero-order chi connectivity index (χ0) is 14.0. The van der Waals surface area contributed by atoms with Crippen LogP contribution in [-0.4, -0.2) is 17.9 Å². The van der Waals surface area contributed by atoms with Gasteiger partial charge in [-0.25, -0.2) is 4.98 Å². The lowest BCUT2D eigenvalue weighted by atomic mass is 10.1. The molecule has 0 aliphatic heterocycles. The van der Waals surface area contributed by atoms with Crippen LogP contribution in [0.4, 0.5) is 5.82 Å². The van der Waals surface area contributed by atoms with Crippen LogP contribution in [0.2, 0.25) is 0 Å². The minimum absolute atomic E-state index is 0.0668.